The maximum Gasteiger partial charge on any atom is 0.302 e. The van der Waals surface area contributed by atoms with Gasteiger partial charge >= 0.3 is 17.9 Å². The number of hydrogen-bond acceptors (Lipinski definition) is 6. The molecule has 0 unspecified atom stereocenters. The summed E-state index contributed by atoms with van der Waals surface area (Å²) in [6.07, 6.45) is 7.48. The zero-order chi connectivity index (χ0) is 22.6. The second kappa shape index (κ2) is 8.08. The Morgan fingerprint density at radius 2 is 1.42 bits per heavy atom. The SMILES string of the molecule is CC(=O)O[C@@H]1CC[C@@]2(C)[C@@H](CC[C@@H]3[C@@H]2[C@H](OC(C)=O)C[C@]2(C)C[C@H](OC(C)=O)C[C@@H]32)C1. The number of rotatable bonds is 3. The van der Waals surface area contributed by atoms with Gasteiger partial charge in [-0.3, -0.25) is 14.4 Å². The van der Waals surface area contributed by atoms with E-state index in [4.69, 9.17) is 14.2 Å². The summed E-state index contributed by atoms with van der Waals surface area (Å²) in [6.45, 7) is 9.18. The van der Waals surface area contributed by atoms with E-state index in [-0.39, 0.29) is 47.0 Å². The highest BCUT2D eigenvalue weighted by Crippen LogP contribution is 2.67. The molecule has 31 heavy (non-hydrogen) atoms. The summed E-state index contributed by atoms with van der Waals surface area (Å²) >= 11 is 0. The van der Waals surface area contributed by atoms with Gasteiger partial charge in [-0.2, -0.15) is 0 Å². The first-order valence-electron chi connectivity index (χ1n) is 12.0. The zero-order valence-corrected chi connectivity index (χ0v) is 19.6. The van der Waals surface area contributed by atoms with Crippen LogP contribution in [-0.2, 0) is 28.6 Å². The third kappa shape index (κ3) is 4.11. The molecule has 0 bridgehead atoms. The summed E-state index contributed by atoms with van der Waals surface area (Å²) in [7, 11) is 0. The molecule has 0 aromatic carbocycles. The van der Waals surface area contributed by atoms with Crippen LogP contribution in [0.15, 0.2) is 0 Å². The highest BCUT2D eigenvalue weighted by molar-refractivity contribution is 5.67. The largest absolute Gasteiger partial charge is 0.463 e. The normalized spacial score (nSPS) is 46.2. The molecule has 0 heterocycles. The van der Waals surface area contributed by atoms with Crippen LogP contribution in [0.2, 0.25) is 0 Å². The molecule has 0 aromatic rings. The summed E-state index contributed by atoms with van der Waals surface area (Å²) in [4.78, 5) is 35.2. The van der Waals surface area contributed by atoms with Gasteiger partial charge in [0.2, 0.25) is 0 Å². The smallest absolute Gasteiger partial charge is 0.302 e. The number of carbonyl (C=O) groups excluding carboxylic acids is 3. The van der Waals surface area contributed by atoms with Crippen LogP contribution >= 0.6 is 0 Å². The molecule has 6 heteroatoms. The van der Waals surface area contributed by atoms with Crippen molar-refractivity contribution in [3.8, 4) is 0 Å². The second-order valence-electron chi connectivity index (χ2n) is 11.3. The molecule has 0 saturated heterocycles. The summed E-state index contributed by atoms with van der Waals surface area (Å²) in [5.41, 5.74) is 0.0973. The van der Waals surface area contributed by atoms with E-state index < -0.39 is 0 Å². The first-order valence-corrected chi connectivity index (χ1v) is 12.0. The third-order valence-corrected chi connectivity index (χ3v) is 9.23. The van der Waals surface area contributed by atoms with Crippen molar-refractivity contribution in [1.82, 2.24) is 0 Å². The molecule has 4 rings (SSSR count). The summed E-state index contributed by atoms with van der Waals surface area (Å²) in [5.74, 6) is 1.12. The lowest BCUT2D eigenvalue weighted by atomic mass is 9.44. The minimum absolute atomic E-state index is 0.00739. The molecule has 0 radical (unpaired) electrons. The van der Waals surface area contributed by atoms with Gasteiger partial charge in [0.15, 0.2) is 0 Å². The average molecular weight is 435 g/mol. The Morgan fingerprint density at radius 3 is 2.06 bits per heavy atom. The van der Waals surface area contributed by atoms with Gasteiger partial charge in [0.05, 0.1) is 0 Å². The van der Waals surface area contributed by atoms with Crippen LogP contribution in [0.5, 0.6) is 0 Å². The predicted octanol–water partition coefficient (Wildman–Crippen LogP) is 4.43. The molecule has 4 aliphatic rings. The minimum atomic E-state index is -0.209. The van der Waals surface area contributed by atoms with Gasteiger partial charge in [-0.05, 0) is 80.0 Å². The summed E-state index contributed by atoms with van der Waals surface area (Å²) in [6, 6.07) is 0. The Labute approximate surface area is 185 Å². The van der Waals surface area contributed by atoms with Gasteiger partial charge in [0.25, 0.3) is 0 Å². The van der Waals surface area contributed by atoms with Crippen LogP contribution in [0, 0.1) is 34.5 Å². The molecule has 9 atom stereocenters. The lowest BCUT2D eigenvalue weighted by Crippen LogP contribution is -2.59. The van der Waals surface area contributed by atoms with E-state index in [1.54, 1.807) is 0 Å². The molecule has 0 N–H and O–H groups in total. The highest BCUT2D eigenvalue weighted by atomic mass is 16.6. The molecule has 0 amide bonds. The van der Waals surface area contributed by atoms with E-state index in [2.05, 4.69) is 13.8 Å². The molecule has 0 aromatic heterocycles. The topological polar surface area (TPSA) is 78.9 Å². The first-order chi connectivity index (χ1) is 14.5. The first kappa shape index (κ1) is 22.6. The number of carbonyl (C=O) groups is 3. The molecular formula is C25H38O6. The van der Waals surface area contributed by atoms with E-state index in [1.165, 1.54) is 20.8 Å². The molecular weight excluding hydrogens is 396 g/mol. The van der Waals surface area contributed by atoms with Crippen LogP contribution in [0.25, 0.3) is 0 Å². The van der Waals surface area contributed by atoms with E-state index in [9.17, 15) is 14.4 Å². The highest BCUT2D eigenvalue weighted by Gasteiger charge is 2.63. The maximum absolute atomic E-state index is 12.1. The predicted molar refractivity (Wildman–Crippen MR) is 114 cm³/mol. The van der Waals surface area contributed by atoms with E-state index in [0.717, 1.165) is 51.4 Å². The van der Waals surface area contributed by atoms with Crippen molar-refractivity contribution in [2.45, 2.75) is 104 Å². The second-order valence-corrected chi connectivity index (χ2v) is 11.3. The minimum Gasteiger partial charge on any atom is -0.463 e. The van der Waals surface area contributed by atoms with Gasteiger partial charge in [0.1, 0.15) is 18.3 Å². The fraction of sp³-hybridized carbons (Fsp3) is 0.880. The van der Waals surface area contributed by atoms with Gasteiger partial charge in [-0.1, -0.05) is 13.8 Å². The van der Waals surface area contributed by atoms with Crippen molar-refractivity contribution in [2.75, 3.05) is 0 Å². The van der Waals surface area contributed by atoms with E-state index in [0.29, 0.717) is 23.7 Å². The van der Waals surface area contributed by atoms with Gasteiger partial charge < -0.3 is 14.2 Å². The molecule has 4 saturated carbocycles. The average Bonchev–Trinajstić information content (AvgIpc) is 2.95. The summed E-state index contributed by atoms with van der Waals surface area (Å²) in [5, 5.41) is 0. The van der Waals surface area contributed by atoms with Crippen molar-refractivity contribution in [3.05, 3.63) is 0 Å². The fourth-order valence-corrected chi connectivity index (χ4v) is 8.31. The van der Waals surface area contributed by atoms with Crippen LogP contribution in [0.4, 0.5) is 0 Å². The maximum atomic E-state index is 12.1. The van der Waals surface area contributed by atoms with E-state index in [1.807, 2.05) is 0 Å². The Kier molecular flexibility index (Phi) is 5.89. The van der Waals surface area contributed by atoms with Crippen molar-refractivity contribution in [3.63, 3.8) is 0 Å². The van der Waals surface area contributed by atoms with Crippen molar-refractivity contribution in [1.29, 1.82) is 0 Å². The molecule has 4 aliphatic carbocycles. The Balaban J connectivity index is 1.62. The van der Waals surface area contributed by atoms with Gasteiger partial charge in [0, 0.05) is 26.7 Å². The molecule has 4 fully saturated rings. The standard InChI is InChI=1S/C25H38O6/c1-14(26)29-18-8-9-25(5)17(10-18)6-7-20-21-11-19(30-15(2)27)12-24(21,4)13-22(23(20)25)31-16(3)28/h17-23H,6-13H2,1-5H3/t17-,18+,19+,20-,21-,22+,23+,24-,25-/m0/s1. The molecule has 0 aliphatic heterocycles. The van der Waals surface area contributed by atoms with Crippen molar-refractivity contribution < 1.29 is 28.6 Å². The number of hydrogen-bond donors (Lipinski definition) is 0. The summed E-state index contributed by atoms with van der Waals surface area (Å²) < 4.78 is 17.3. The Bertz CT molecular complexity index is 748. The van der Waals surface area contributed by atoms with Crippen molar-refractivity contribution in [2.24, 2.45) is 34.5 Å². The number of esters is 3. The van der Waals surface area contributed by atoms with Crippen LogP contribution in [0.1, 0.15) is 86.0 Å². The van der Waals surface area contributed by atoms with Crippen LogP contribution in [-0.4, -0.2) is 36.2 Å². The lowest BCUT2D eigenvalue weighted by Gasteiger charge is -2.62. The van der Waals surface area contributed by atoms with Gasteiger partial charge in [-0.15, -0.1) is 0 Å². The lowest BCUT2D eigenvalue weighted by molar-refractivity contribution is -0.197. The number of fused-ring (bicyclic) bond motifs is 5. The Morgan fingerprint density at radius 1 is 0.774 bits per heavy atom. The van der Waals surface area contributed by atoms with Crippen LogP contribution in [0.3, 0.4) is 0 Å². The quantitative estimate of drug-likeness (QED) is 0.483. The molecule has 174 valence electrons. The van der Waals surface area contributed by atoms with Crippen LogP contribution < -0.4 is 0 Å². The number of ether oxygens (including phenoxy) is 3. The van der Waals surface area contributed by atoms with Crippen molar-refractivity contribution >= 4 is 17.9 Å². The van der Waals surface area contributed by atoms with E-state index >= 15 is 0 Å². The zero-order valence-electron chi connectivity index (χ0n) is 19.6. The third-order valence-electron chi connectivity index (χ3n) is 9.23. The monoisotopic (exact) mass is 434 g/mol. The molecule has 6 nitrogen and oxygen atoms in total. The molecule has 0 spiro atoms. The van der Waals surface area contributed by atoms with Gasteiger partial charge in [-0.25, -0.2) is 0 Å². The Hall–Kier alpha value is -1.59. The fourth-order valence-electron chi connectivity index (χ4n) is 8.31.